The summed E-state index contributed by atoms with van der Waals surface area (Å²) in [6, 6.07) is 29.0. The molecule has 0 atom stereocenters. The van der Waals surface area contributed by atoms with Gasteiger partial charge in [0.25, 0.3) is 0 Å². The summed E-state index contributed by atoms with van der Waals surface area (Å²) >= 11 is 5.20. The van der Waals surface area contributed by atoms with Crippen LogP contribution in [0, 0.1) is 0 Å². The van der Waals surface area contributed by atoms with Crippen LogP contribution < -0.4 is 15.6 Å². The molecular formula is C24H26N4S. The molecule has 29 heavy (non-hydrogen) atoms. The van der Waals surface area contributed by atoms with Crippen LogP contribution >= 0.6 is 12.2 Å². The maximum Gasteiger partial charge on any atom is 0.186 e. The van der Waals surface area contributed by atoms with Crippen molar-refractivity contribution < 1.29 is 0 Å². The van der Waals surface area contributed by atoms with Crippen LogP contribution in [0.25, 0.3) is 0 Å². The first-order chi connectivity index (χ1) is 14.3. The van der Waals surface area contributed by atoms with Gasteiger partial charge in [0.05, 0.1) is 6.21 Å². The Bertz CT molecular complexity index is 869. The van der Waals surface area contributed by atoms with Gasteiger partial charge in [-0.1, -0.05) is 61.9 Å². The molecule has 3 aromatic rings. The maximum absolute atomic E-state index is 5.20. The zero-order valence-corrected chi connectivity index (χ0v) is 17.4. The van der Waals surface area contributed by atoms with Gasteiger partial charge in [0.2, 0.25) is 0 Å². The van der Waals surface area contributed by atoms with Gasteiger partial charge in [-0.2, -0.15) is 5.10 Å². The van der Waals surface area contributed by atoms with E-state index in [1.807, 2.05) is 24.3 Å². The molecule has 0 radical (unpaired) electrons. The van der Waals surface area contributed by atoms with E-state index in [4.69, 9.17) is 12.2 Å². The predicted molar refractivity (Wildman–Crippen MR) is 127 cm³/mol. The molecule has 0 heterocycles. The van der Waals surface area contributed by atoms with Gasteiger partial charge < -0.3 is 10.2 Å². The number of thiocarbonyl (C=S) groups is 1. The highest BCUT2D eigenvalue weighted by Crippen LogP contribution is 2.33. The number of nitrogens with one attached hydrogen (secondary N) is 2. The smallest absolute Gasteiger partial charge is 0.186 e. The van der Waals surface area contributed by atoms with Gasteiger partial charge in [-0.3, -0.25) is 5.43 Å². The lowest BCUT2D eigenvalue weighted by atomic mass is 10.1. The topological polar surface area (TPSA) is 39.7 Å². The molecule has 0 saturated carbocycles. The van der Waals surface area contributed by atoms with Crippen LogP contribution in [0.4, 0.5) is 17.1 Å². The highest BCUT2D eigenvalue weighted by atomic mass is 32.1. The summed E-state index contributed by atoms with van der Waals surface area (Å²) < 4.78 is 0. The molecule has 0 unspecified atom stereocenters. The Hall–Kier alpha value is -3.18. The molecule has 0 bridgehead atoms. The highest BCUT2D eigenvalue weighted by Gasteiger charge is 2.11. The monoisotopic (exact) mass is 402 g/mol. The van der Waals surface area contributed by atoms with Crippen molar-refractivity contribution in [2.45, 2.75) is 19.8 Å². The maximum atomic E-state index is 5.20. The Labute approximate surface area is 178 Å². The minimum Gasteiger partial charge on any atom is -0.361 e. The van der Waals surface area contributed by atoms with Gasteiger partial charge >= 0.3 is 0 Å². The van der Waals surface area contributed by atoms with Gasteiger partial charge in [-0.05, 0) is 60.6 Å². The van der Waals surface area contributed by atoms with Crippen molar-refractivity contribution in [1.29, 1.82) is 0 Å². The first kappa shape index (κ1) is 20.6. The summed E-state index contributed by atoms with van der Waals surface area (Å²) in [6.45, 7) is 3.01. The van der Waals surface area contributed by atoms with Crippen LogP contribution in [-0.2, 0) is 0 Å². The molecule has 0 aromatic heterocycles. The molecule has 148 valence electrons. The fraction of sp³-hybridized carbons (Fsp3) is 0.167. The number of rotatable bonds is 8. The van der Waals surface area contributed by atoms with Crippen molar-refractivity contribution in [3.05, 3.63) is 90.5 Å². The van der Waals surface area contributed by atoms with Gasteiger partial charge in [0.1, 0.15) is 0 Å². The third-order valence-electron chi connectivity index (χ3n) is 4.38. The highest BCUT2D eigenvalue weighted by molar-refractivity contribution is 7.80. The summed E-state index contributed by atoms with van der Waals surface area (Å²) in [6.07, 6.45) is 3.99. The van der Waals surface area contributed by atoms with E-state index in [9.17, 15) is 0 Å². The first-order valence-electron chi connectivity index (χ1n) is 9.85. The molecule has 0 aliphatic carbocycles. The van der Waals surface area contributed by atoms with E-state index >= 15 is 0 Å². The average Bonchev–Trinajstić information content (AvgIpc) is 2.77. The number of hydrazone groups is 1. The van der Waals surface area contributed by atoms with E-state index in [2.05, 4.69) is 88.3 Å². The summed E-state index contributed by atoms with van der Waals surface area (Å²) in [5.74, 6) is 0. The van der Waals surface area contributed by atoms with Crippen molar-refractivity contribution in [3.8, 4) is 0 Å². The molecule has 2 N–H and O–H groups in total. The van der Waals surface area contributed by atoms with Gasteiger partial charge in [-0.25, -0.2) is 0 Å². The Kier molecular flexibility index (Phi) is 7.78. The molecule has 3 aromatic carbocycles. The third kappa shape index (κ3) is 6.16. The van der Waals surface area contributed by atoms with Crippen LogP contribution in [0.2, 0.25) is 0 Å². The summed E-state index contributed by atoms with van der Waals surface area (Å²) in [4.78, 5) is 2.23. The van der Waals surface area contributed by atoms with Gasteiger partial charge in [0.15, 0.2) is 5.11 Å². The van der Waals surface area contributed by atoms with Crippen molar-refractivity contribution in [2.24, 2.45) is 5.10 Å². The molecule has 0 amide bonds. The second-order valence-corrected chi connectivity index (χ2v) is 6.99. The number of hydrogen-bond acceptors (Lipinski definition) is 3. The van der Waals surface area contributed by atoms with Crippen LogP contribution in [0.5, 0.6) is 0 Å². The standard InChI is InChI=1S/C24H26N4S/c1-2-3-18-25-24(29)27-26-19-20-14-16-23(17-15-20)28(21-10-6-4-7-11-21)22-12-8-5-9-13-22/h4-17,19H,2-3,18H2,1H3,(H2,25,27,29). The Morgan fingerprint density at radius 3 is 1.97 bits per heavy atom. The van der Waals surface area contributed by atoms with Crippen molar-refractivity contribution >= 4 is 40.6 Å². The molecular weight excluding hydrogens is 376 g/mol. The van der Waals surface area contributed by atoms with E-state index in [1.54, 1.807) is 6.21 Å². The average molecular weight is 403 g/mol. The second kappa shape index (κ2) is 11.0. The van der Waals surface area contributed by atoms with Crippen molar-refractivity contribution in [3.63, 3.8) is 0 Å². The van der Waals surface area contributed by atoms with Crippen molar-refractivity contribution in [2.75, 3.05) is 11.4 Å². The molecule has 0 aliphatic rings. The molecule has 5 heteroatoms. The summed E-state index contributed by atoms with van der Waals surface area (Å²) in [5, 5.41) is 7.90. The van der Waals surface area contributed by atoms with Crippen LogP contribution in [-0.4, -0.2) is 17.9 Å². The number of para-hydroxylation sites is 2. The number of anilines is 3. The second-order valence-electron chi connectivity index (χ2n) is 6.58. The van der Waals surface area contributed by atoms with Crippen LogP contribution in [0.1, 0.15) is 25.3 Å². The summed E-state index contributed by atoms with van der Waals surface area (Å²) in [5.41, 5.74) is 7.18. The molecule has 0 aliphatic heterocycles. The van der Waals surface area contributed by atoms with Crippen LogP contribution in [0.3, 0.4) is 0 Å². The molecule has 0 spiro atoms. The van der Waals surface area contributed by atoms with E-state index < -0.39 is 0 Å². The number of unbranched alkanes of at least 4 members (excludes halogenated alkanes) is 1. The first-order valence-corrected chi connectivity index (χ1v) is 10.3. The fourth-order valence-corrected chi connectivity index (χ4v) is 3.05. The van der Waals surface area contributed by atoms with E-state index in [0.29, 0.717) is 5.11 Å². The van der Waals surface area contributed by atoms with Crippen LogP contribution in [0.15, 0.2) is 90.0 Å². The Morgan fingerprint density at radius 1 is 0.862 bits per heavy atom. The van der Waals surface area contributed by atoms with Gasteiger partial charge in [0, 0.05) is 23.6 Å². The zero-order valence-electron chi connectivity index (χ0n) is 16.6. The summed E-state index contributed by atoms with van der Waals surface area (Å²) in [7, 11) is 0. The molecule has 0 saturated heterocycles. The van der Waals surface area contributed by atoms with Crippen molar-refractivity contribution in [1.82, 2.24) is 10.7 Å². The minimum absolute atomic E-state index is 0.547. The lowest BCUT2D eigenvalue weighted by Crippen LogP contribution is -2.32. The molecule has 0 fully saturated rings. The number of hydrogen-bond donors (Lipinski definition) is 2. The lowest BCUT2D eigenvalue weighted by Gasteiger charge is -2.25. The van der Waals surface area contributed by atoms with Gasteiger partial charge in [-0.15, -0.1) is 0 Å². The molecule has 3 rings (SSSR count). The zero-order chi connectivity index (χ0) is 20.3. The number of nitrogens with zero attached hydrogens (tertiary/aromatic N) is 2. The predicted octanol–water partition coefficient (Wildman–Crippen LogP) is 5.75. The van der Waals surface area contributed by atoms with E-state index in [-0.39, 0.29) is 0 Å². The van der Waals surface area contributed by atoms with E-state index in [1.165, 1.54) is 0 Å². The fourth-order valence-electron chi connectivity index (χ4n) is 2.89. The normalized spacial score (nSPS) is 10.7. The Balaban J connectivity index is 1.71. The quantitative estimate of drug-likeness (QED) is 0.218. The molecule has 4 nitrogen and oxygen atoms in total. The minimum atomic E-state index is 0.547. The van der Waals surface area contributed by atoms with E-state index in [0.717, 1.165) is 42.0 Å². The SMILES string of the molecule is CCCCNC(=S)NN=Cc1ccc(N(c2ccccc2)c2ccccc2)cc1. The Morgan fingerprint density at radius 2 is 1.41 bits per heavy atom. The third-order valence-corrected chi connectivity index (χ3v) is 4.61. The number of benzene rings is 3. The lowest BCUT2D eigenvalue weighted by molar-refractivity contribution is 0.745. The largest absolute Gasteiger partial charge is 0.361 e.